The summed E-state index contributed by atoms with van der Waals surface area (Å²) in [5, 5.41) is 1.23. The van der Waals surface area contributed by atoms with Crippen molar-refractivity contribution in [2.75, 3.05) is 14.2 Å². The van der Waals surface area contributed by atoms with E-state index in [2.05, 4.69) is 4.74 Å². The van der Waals surface area contributed by atoms with E-state index in [1.807, 2.05) is 0 Å². The number of hydrazine groups is 1. The van der Waals surface area contributed by atoms with Gasteiger partial charge in [-0.15, -0.1) is 0 Å². The SMILES string of the molecule is COC(=O)c1cc(F)cc(/C(=C/N)N(C)N)c1. The van der Waals surface area contributed by atoms with Crippen LogP contribution in [0.15, 0.2) is 24.4 Å². The molecule has 0 saturated heterocycles. The van der Waals surface area contributed by atoms with Gasteiger partial charge < -0.3 is 15.5 Å². The van der Waals surface area contributed by atoms with Crippen LogP contribution >= 0.6 is 0 Å². The molecule has 0 spiro atoms. The van der Waals surface area contributed by atoms with Gasteiger partial charge in [-0.3, -0.25) is 0 Å². The Labute approximate surface area is 98.4 Å². The molecule has 17 heavy (non-hydrogen) atoms. The van der Waals surface area contributed by atoms with Crippen LogP contribution < -0.4 is 11.6 Å². The molecule has 0 aromatic heterocycles. The van der Waals surface area contributed by atoms with Gasteiger partial charge in [0, 0.05) is 18.8 Å². The van der Waals surface area contributed by atoms with Gasteiger partial charge in [0.1, 0.15) is 5.82 Å². The minimum Gasteiger partial charge on any atom is -0.465 e. The van der Waals surface area contributed by atoms with E-state index in [0.717, 1.165) is 6.07 Å². The van der Waals surface area contributed by atoms with Gasteiger partial charge in [-0.2, -0.15) is 0 Å². The second-order valence-electron chi connectivity index (χ2n) is 3.38. The van der Waals surface area contributed by atoms with E-state index in [1.54, 1.807) is 7.05 Å². The highest BCUT2D eigenvalue weighted by atomic mass is 19.1. The van der Waals surface area contributed by atoms with Crippen LogP contribution in [0.3, 0.4) is 0 Å². The summed E-state index contributed by atoms with van der Waals surface area (Å²) in [7, 11) is 2.78. The normalized spacial score (nSPS) is 11.2. The van der Waals surface area contributed by atoms with Gasteiger partial charge in [0.05, 0.1) is 18.4 Å². The molecule has 0 atom stereocenters. The number of methoxy groups -OCH3 is 1. The van der Waals surface area contributed by atoms with Crippen LogP contribution in [0.4, 0.5) is 4.39 Å². The zero-order valence-corrected chi connectivity index (χ0v) is 9.61. The quantitative estimate of drug-likeness (QED) is 0.460. The molecule has 1 rings (SSSR count). The van der Waals surface area contributed by atoms with Gasteiger partial charge in [0.15, 0.2) is 0 Å². The minimum atomic E-state index is -0.623. The molecule has 0 amide bonds. The molecule has 0 aliphatic carbocycles. The van der Waals surface area contributed by atoms with Gasteiger partial charge in [-0.05, 0) is 18.2 Å². The van der Waals surface area contributed by atoms with Crippen molar-refractivity contribution in [2.24, 2.45) is 11.6 Å². The van der Waals surface area contributed by atoms with Crippen molar-refractivity contribution in [3.63, 3.8) is 0 Å². The standard InChI is InChI=1S/C11H14FN3O2/c1-15(14)10(6-13)7-3-8(11(16)17-2)5-9(12)4-7/h3-6H,13-14H2,1-2H3/b10-6-. The smallest absolute Gasteiger partial charge is 0.337 e. The molecule has 5 nitrogen and oxygen atoms in total. The van der Waals surface area contributed by atoms with E-state index in [-0.39, 0.29) is 5.56 Å². The van der Waals surface area contributed by atoms with Gasteiger partial charge in [0.2, 0.25) is 0 Å². The van der Waals surface area contributed by atoms with Gasteiger partial charge in [0.25, 0.3) is 0 Å². The number of esters is 1. The van der Waals surface area contributed by atoms with E-state index in [9.17, 15) is 9.18 Å². The Bertz CT molecular complexity index is 458. The second kappa shape index (κ2) is 5.31. The third kappa shape index (κ3) is 2.94. The molecule has 0 fully saturated rings. The fraction of sp³-hybridized carbons (Fsp3) is 0.182. The van der Waals surface area contributed by atoms with Gasteiger partial charge >= 0.3 is 5.97 Å². The van der Waals surface area contributed by atoms with Gasteiger partial charge in [-0.25, -0.2) is 15.0 Å². The van der Waals surface area contributed by atoms with E-state index in [4.69, 9.17) is 11.6 Å². The molecular formula is C11H14FN3O2. The van der Waals surface area contributed by atoms with Crippen molar-refractivity contribution in [3.05, 3.63) is 41.3 Å². The molecule has 1 aromatic carbocycles. The minimum absolute atomic E-state index is 0.101. The molecular weight excluding hydrogens is 225 g/mol. The third-order valence-electron chi connectivity index (χ3n) is 2.15. The average molecular weight is 239 g/mol. The number of carbonyl (C=O) groups is 1. The number of rotatable bonds is 3. The Morgan fingerprint density at radius 2 is 2.00 bits per heavy atom. The lowest BCUT2D eigenvalue weighted by atomic mass is 10.1. The Balaban J connectivity index is 3.26. The highest BCUT2D eigenvalue weighted by molar-refractivity contribution is 5.90. The third-order valence-corrected chi connectivity index (χ3v) is 2.15. The molecule has 6 heteroatoms. The lowest BCUT2D eigenvalue weighted by molar-refractivity contribution is 0.0600. The van der Waals surface area contributed by atoms with Crippen LogP contribution in [0.25, 0.3) is 5.70 Å². The summed E-state index contributed by atoms with van der Waals surface area (Å²) in [6.07, 6.45) is 1.23. The number of halogens is 1. The van der Waals surface area contributed by atoms with Crippen LogP contribution in [-0.4, -0.2) is 25.1 Å². The summed E-state index contributed by atoms with van der Waals surface area (Å²) in [6.45, 7) is 0. The Morgan fingerprint density at radius 3 is 2.47 bits per heavy atom. The van der Waals surface area contributed by atoms with Crippen molar-refractivity contribution in [1.82, 2.24) is 5.01 Å². The van der Waals surface area contributed by atoms with Gasteiger partial charge in [-0.1, -0.05) is 0 Å². The number of carbonyl (C=O) groups excluding carboxylic acids is 1. The van der Waals surface area contributed by atoms with Crippen molar-refractivity contribution in [2.45, 2.75) is 0 Å². The summed E-state index contributed by atoms with van der Waals surface area (Å²) >= 11 is 0. The molecule has 4 N–H and O–H groups in total. The summed E-state index contributed by atoms with van der Waals surface area (Å²) in [5.41, 5.74) is 6.29. The van der Waals surface area contributed by atoms with Crippen LogP contribution in [-0.2, 0) is 4.74 Å². The molecule has 0 aliphatic heterocycles. The first-order valence-corrected chi connectivity index (χ1v) is 4.79. The first-order chi connectivity index (χ1) is 7.99. The molecule has 0 radical (unpaired) electrons. The first-order valence-electron chi connectivity index (χ1n) is 4.79. The summed E-state index contributed by atoms with van der Waals surface area (Å²) in [5.74, 6) is 4.35. The van der Waals surface area contributed by atoms with Crippen LogP contribution in [0.5, 0.6) is 0 Å². The number of nitrogens with two attached hydrogens (primary N) is 2. The fourth-order valence-electron chi connectivity index (χ4n) is 1.39. The predicted molar refractivity (Wildman–Crippen MR) is 61.9 cm³/mol. The molecule has 0 saturated carbocycles. The molecule has 0 heterocycles. The van der Waals surface area contributed by atoms with Crippen molar-refractivity contribution in [1.29, 1.82) is 0 Å². The maximum atomic E-state index is 13.3. The maximum absolute atomic E-state index is 13.3. The summed E-state index contributed by atoms with van der Waals surface area (Å²) < 4.78 is 17.9. The number of hydrogen-bond acceptors (Lipinski definition) is 5. The van der Waals surface area contributed by atoms with E-state index in [0.29, 0.717) is 11.3 Å². The lowest BCUT2D eigenvalue weighted by Crippen LogP contribution is -2.25. The largest absolute Gasteiger partial charge is 0.465 e. The number of nitrogens with zero attached hydrogens (tertiary/aromatic N) is 1. The van der Waals surface area contributed by atoms with E-state index in [1.165, 1.54) is 30.5 Å². The van der Waals surface area contributed by atoms with Crippen LogP contribution in [0.1, 0.15) is 15.9 Å². The van der Waals surface area contributed by atoms with Crippen molar-refractivity contribution in [3.8, 4) is 0 Å². The second-order valence-corrected chi connectivity index (χ2v) is 3.38. The highest BCUT2D eigenvalue weighted by Crippen LogP contribution is 2.18. The van der Waals surface area contributed by atoms with Crippen LogP contribution in [0, 0.1) is 5.82 Å². The van der Waals surface area contributed by atoms with Crippen molar-refractivity contribution < 1.29 is 13.9 Å². The topological polar surface area (TPSA) is 81.6 Å². The average Bonchev–Trinajstić information content (AvgIpc) is 2.27. The molecule has 1 aromatic rings. The first kappa shape index (κ1) is 13.0. The summed E-state index contributed by atoms with van der Waals surface area (Å²) in [4.78, 5) is 11.3. The number of benzene rings is 1. The van der Waals surface area contributed by atoms with Crippen LogP contribution in [0.2, 0.25) is 0 Å². The lowest BCUT2D eigenvalue weighted by Gasteiger charge is -2.16. The maximum Gasteiger partial charge on any atom is 0.337 e. The number of hydrogen-bond donors (Lipinski definition) is 2. The highest BCUT2D eigenvalue weighted by Gasteiger charge is 2.12. The monoisotopic (exact) mass is 239 g/mol. The van der Waals surface area contributed by atoms with E-state index >= 15 is 0 Å². The molecule has 0 bridgehead atoms. The summed E-state index contributed by atoms with van der Waals surface area (Å²) in [6, 6.07) is 3.77. The zero-order valence-electron chi connectivity index (χ0n) is 9.61. The fourth-order valence-corrected chi connectivity index (χ4v) is 1.39. The Hall–Kier alpha value is -2.08. The Kier molecular flexibility index (Phi) is 4.06. The molecule has 0 unspecified atom stereocenters. The molecule has 0 aliphatic rings. The number of ether oxygens (including phenoxy) is 1. The molecule has 92 valence electrons. The van der Waals surface area contributed by atoms with E-state index < -0.39 is 11.8 Å². The predicted octanol–water partition coefficient (Wildman–Crippen LogP) is 0.675. The zero-order chi connectivity index (χ0) is 13.0. The Morgan fingerprint density at radius 1 is 1.41 bits per heavy atom. The van der Waals surface area contributed by atoms with Crippen molar-refractivity contribution >= 4 is 11.7 Å².